The molecule has 5 nitrogen and oxygen atoms in total. The molecule has 1 spiro atoms. The molecule has 1 atom stereocenters. The van der Waals surface area contributed by atoms with Crippen LogP contribution in [0.15, 0.2) is 53.4 Å². The maximum Gasteiger partial charge on any atom is 0.294 e. The van der Waals surface area contributed by atoms with Crippen LogP contribution in [-0.2, 0) is 15.5 Å². The second-order valence-electron chi connectivity index (χ2n) is 7.01. The van der Waals surface area contributed by atoms with Crippen molar-refractivity contribution in [3.05, 3.63) is 59.7 Å². The van der Waals surface area contributed by atoms with E-state index in [1.807, 2.05) is 31.3 Å². The highest BCUT2D eigenvalue weighted by Gasteiger charge is 2.57. The first-order valence-corrected chi connectivity index (χ1v) is 9.44. The van der Waals surface area contributed by atoms with E-state index in [2.05, 4.69) is 30.9 Å². The van der Waals surface area contributed by atoms with E-state index < -0.39 is 15.8 Å². The minimum atomic E-state index is -4.24. The maximum atomic E-state index is 11.4. The Morgan fingerprint density at radius 3 is 2.52 bits per heavy atom. The van der Waals surface area contributed by atoms with Gasteiger partial charge < -0.3 is 9.64 Å². The topological polar surface area (TPSA) is 66.8 Å². The number of anilines is 1. The molecule has 2 aromatic carbocycles. The van der Waals surface area contributed by atoms with Gasteiger partial charge in [0, 0.05) is 18.3 Å². The normalized spacial score (nSPS) is 23.3. The summed E-state index contributed by atoms with van der Waals surface area (Å²) in [5.41, 5.74) is 1.91. The summed E-state index contributed by atoms with van der Waals surface area (Å²) < 4.78 is 38.4. The van der Waals surface area contributed by atoms with Gasteiger partial charge >= 0.3 is 0 Å². The summed E-state index contributed by atoms with van der Waals surface area (Å²) in [5, 5.41) is 0. The van der Waals surface area contributed by atoms with E-state index in [-0.39, 0.29) is 10.3 Å². The second kappa shape index (κ2) is 4.86. The van der Waals surface area contributed by atoms with Crippen LogP contribution in [0, 0.1) is 0 Å². The van der Waals surface area contributed by atoms with Gasteiger partial charge in [0.2, 0.25) is 5.72 Å². The van der Waals surface area contributed by atoms with Crippen molar-refractivity contribution in [3.8, 4) is 5.75 Å². The number of hydrogen-bond acceptors (Lipinski definition) is 4. The number of fused-ring (bicyclic) bond motifs is 2. The van der Waals surface area contributed by atoms with Crippen molar-refractivity contribution in [2.24, 2.45) is 0 Å². The third-order valence-electron chi connectivity index (χ3n) is 5.37. The van der Waals surface area contributed by atoms with Crippen LogP contribution >= 0.6 is 0 Å². The number of ether oxygens (including phenoxy) is 1. The fourth-order valence-electron chi connectivity index (χ4n) is 3.92. The lowest BCUT2D eigenvalue weighted by Gasteiger charge is -2.45. The molecule has 0 aliphatic carbocycles. The number of rotatable bonds is 1. The van der Waals surface area contributed by atoms with Crippen LogP contribution in [-0.4, -0.2) is 25.7 Å². The summed E-state index contributed by atoms with van der Waals surface area (Å²) in [7, 11) is -2.25. The van der Waals surface area contributed by atoms with E-state index in [0.29, 0.717) is 11.3 Å². The van der Waals surface area contributed by atoms with Crippen molar-refractivity contribution in [1.82, 2.24) is 0 Å². The third kappa shape index (κ3) is 2.07. The van der Waals surface area contributed by atoms with Crippen LogP contribution in [0.3, 0.4) is 0 Å². The predicted molar refractivity (Wildman–Crippen MR) is 96.5 cm³/mol. The van der Waals surface area contributed by atoms with Crippen molar-refractivity contribution < 1.29 is 17.7 Å². The third-order valence-corrected chi connectivity index (χ3v) is 6.22. The molecule has 2 aromatic rings. The molecule has 1 N–H and O–H groups in total. The Hall–Kier alpha value is -2.31. The molecule has 2 heterocycles. The van der Waals surface area contributed by atoms with Gasteiger partial charge in [0.05, 0.1) is 10.3 Å². The SMILES string of the molecule is CN1c2ccccc2C(C)(C)C12C=Cc1cc(S(=O)(=O)O)ccc1O2. The Morgan fingerprint density at radius 2 is 1.84 bits per heavy atom. The van der Waals surface area contributed by atoms with Crippen molar-refractivity contribution >= 4 is 21.9 Å². The predicted octanol–water partition coefficient (Wildman–Crippen LogP) is 3.46. The van der Waals surface area contributed by atoms with Gasteiger partial charge in [0.1, 0.15) is 5.75 Å². The average Bonchev–Trinajstić information content (AvgIpc) is 2.73. The minimum absolute atomic E-state index is 0.141. The Bertz CT molecular complexity index is 1010. The lowest BCUT2D eigenvalue weighted by molar-refractivity contribution is 0.0581. The molecule has 0 saturated carbocycles. The highest BCUT2D eigenvalue weighted by molar-refractivity contribution is 7.85. The molecule has 130 valence electrons. The van der Waals surface area contributed by atoms with E-state index in [0.717, 1.165) is 5.69 Å². The molecular formula is C19H19NO4S. The summed E-state index contributed by atoms with van der Waals surface area (Å²) in [6, 6.07) is 12.6. The largest absolute Gasteiger partial charge is 0.463 e. The van der Waals surface area contributed by atoms with Crippen molar-refractivity contribution in [1.29, 1.82) is 0 Å². The summed E-state index contributed by atoms with van der Waals surface area (Å²) >= 11 is 0. The summed E-state index contributed by atoms with van der Waals surface area (Å²) in [4.78, 5) is 1.97. The van der Waals surface area contributed by atoms with Gasteiger partial charge in [0.15, 0.2) is 0 Å². The Kier molecular flexibility index (Phi) is 3.15. The maximum absolute atomic E-state index is 11.4. The zero-order valence-corrected chi connectivity index (χ0v) is 15.0. The van der Waals surface area contributed by atoms with Crippen molar-refractivity contribution in [3.63, 3.8) is 0 Å². The second-order valence-corrected chi connectivity index (χ2v) is 8.43. The molecule has 0 radical (unpaired) electrons. The molecule has 0 saturated heterocycles. The molecule has 6 heteroatoms. The Labute approximate surface area is 147 Å². The smallest absolute Gasteiger partial charge is 0.294 e. The zero-order chi connectivity index (χ0) is 18.0. The van der Waals surface area contributed by atoms with Gasteiger partial charge in [-0.2, -0.15) is 8.42 Å². The molecule has 0 aromatic heterocycles. The van der Waals surface area contributed by atoms with E-state index in [9.17, 15) is 13.0 Å². The highest BCUT2D eigenvalue weighted by Crippen LogP contribution is 2.54. The minimum Gasteiger partial charge on any atom is -0.463 e. The number of benzene rings is 2. The molecule has 0 fully saturated rings. The summed E-state index contributed by atoms with van der Waals surface area (Å²) in [5.74, 6) is 0.586. The number of nitrogens with zero attached hydrogens (tertiary/aromatic N) is 1. The molecule has 0 amide bonds. The number of hydrogen-bond donors (Lipinski definition) is 1. The van der Waals surface area contributed by atoms with Crippen molar-refractivity contribution in [2.45, 2.75) is 29.9 Å². The Morgan fingerprint density at radius 1 is 1.12 bits per heavy atom. The Balaban J connectivity index is 1.85. The first-order valence-electron chi connectivity index (χ1n) is 8.00. The fraction of sp³-hybridized carbons (Fsp3) is 0.263. The van der Waals surface area contributed by atoms with Gasteiger partial charge in [-0.1, -0.05) is 18.2 Å². The van der Waals surface area contributed by atoms with Gasteiger partial charge in [-0.15, -0.1) is 0 Å². The molecular weight excluding hydrogens is 338 g/mol. The first kappa shape index (κ1) is 16.2. The van der Waals surface area contributed by atoms with Gasteiger partial charge in [-0.3, -0.25) is 4.55 Å². The standard InChI is InChI=1S/C19H19NO4S/c1-18(2)15-6-4-5-7-16(15)20(3)19(18)11-10-13-12-14(25(21,22)23)8-9-17(13)24-19/h4-12H,1-3H3,(H,21,22,23). The average molecular weight is 357 g/mol. The lowest BCUT2D eigenvalue weighted by atomic mass is 9.76. The monoisotopic (exact) mass is 357 g/mol. The van der Waals surface area contributed by atoms with Crippen LogP contribution < -0.4 is 9.64 Å². The molecule has 2 aliphatic rings. The quantitative estimate of drug-likeness (QED) is 0.792. The summed E-state index contributed by atoms with van der Waals surface area (Å²) in [6.45, 7) is 4.27. The highest BCUT2D eigenvalue weighted by atomic mass is 32.2. The van der Waals surface area contributed by atoms with E-state index >= 15 is 0 Å². The number of para-hydroxylation sites is 1. The molecule has 1 unspecified atom stereocenters. The van der Waals surface area contributed by atoms with E-state index in [1.165, 1.54) is 17.7 Å². The first-order chi connectivity index (χ1) is 11.7. The number of likely N-dealkylation sites (N-methyl/N-ethyl adjacent to an activating group) is 1. The van der Waals surface area contributed by atoms with Crippen LogP contribution in [0.4, 0.5) is 5.69 Å². The van der Waals surface area contributed by atoms with Crippen LogP contribution in [0.25, 0.3) is 6.08 Å². The van der Waals surface area contributed by atoms with Crippen LogP contribution in [0.5, 0.6) is 5.75 Å². The van der Waals surface area contributed by atoms with Gasteiger partial charge in [-0.25, -0.2) is 0 Å². The fourth-order valence-corrected chi connectivity index (χ4v) is 4.43. The van der Waals surface area contributed by atoms with Gasteiger partial charge in [0.25, 0.3) is 10.1 Å². The van der Waals surface area contributed by atoms with Gasteiger partial charge in [-0.05, 0) is 55.8 Å². The van der Waals surface area contributed by atoms with Crippen molar-refractivity contribution in [2.75, 3.05) is 11.9 Å². The van der Waals surface area contributed by atoms with E-state index in [4.69, 9.17) is 4.74 Å². The van der Waals surface area contributed by atoms with E-state index in [1.54, 1.807) is 6.07 Å². The summed E-state index contributed by atoms with van der Waals surface area (Å²) in [6.07, 6.45) is 3.82. The molecule has 4 rings (SSSR count). The van der Waals surface area contributed by atoms with Crippen LogP contribution in [0.1, 0.15) is 25.0 Å². The molecule has 25 heavy (non-hydrogen) atoms. The molecule has 0 bridgehead atoms. The van der Waals surface area contributed by atoms with Crippen LogP contribution in [0.2, 0.25) is 0 Å². The zero-order valence-electron chi connectivity index (χ0n) is 14.2. The lowest BCUT2D eigenvalue weighted by Crippen LogP contribution is -2.58. The molecule has 2 aliphatic heterocycles.